The first kappa shape index (κ1) is 23.0. The van der Waals surface area contributed by atoms with Crippen LogP contribution in [0.4, 0.5) is 9.18 Å². The van der Waals surface area contributed by atoms with Crippen LogP contribution >= 0.6 is 0 Å². The molecule has 33 heavy (non-hydrogen) atoms. The minimum Gasteiger partial charge on any atom is -0.444 e. The molecule has 3 aromatic rings. The first-order valence-corrected chi connectivity index (χ1v) is 11.1. The van der Waals surface area contributed by atoms with Crippen molar-refractivity contribution in [3.05, 3.63) is 69.8 Å². The Bertz CT molecular complexity index is 1240. The van der Waals surface area contributed by atoms with Crippen molar-refractivity contribution in [3.63, 3.8) is 0 Å². The Morgan fingerprint density at radius 3 is 2.45 bits per heavy atom. The predicted octanol–water partition coefficient (Wildman–Crippen LogP) is 4.69. The van der Waals surface area contributed by atoms with Crippen LogP contribution in [-0.4, -0.2) is 52.7 Å². The zero-order valence-electron chi connectivity index (χ0n) is 19.7. The number of H-pyrrole nitrogens is 1. The van der Waals surface area contributed by atoms with E-state index in [9.17, 15) is 14.0 Å². The van der Waals surface area contributed by atoms with Gasteiger partial charge >= 0.3 is 6.09 Å². The molecule has 0 spiro atoms. The lowest BCUT2D eigenvalue weighted by Crippen LogP contribution is -2.59. The number of fused-ring (bicyclic) bond motifs is 1. The molecular formula is C26H30FN3O3. The molecule has 0 unspecified atom stereocenters. The van der Waals surface area contributed by atoms with Gasteiger partial charge < -0.3 is 14.6 Å². The van der Waals surface area contributed by atoms with Gasteiger partial charge in [0.05, 0.1) is 11.4 Å². The van der Waals surface area contributed by atoms with E-state index in [-0.39, 0.29) is 17.7 Å². The van der Waals surface area contributed by atoms with Crippen LogP contribution < -0.4 is 5.56 Å². The van der Waals surface area contributed by atoms with E-state index >= 15 is 0 Å². The minimum atomic E-state index is -0.499. The first-order chi connectivity index (χ1) is 15.5. The molecular weight excluding hydrogens is 421 g/mol. The number of aromatic nitrogens is 1. The second-order valence-electron chi connectivity index (χ2n) is 9.83. The standard InChI is InChI=1S/C26H30FN3O3/c1-16-10-19(27)11-22-21(16)12-23(28-24(22)31)18-8-6-17(7-9-18)13-30-14-20(15-30)29(5)25(32)33-26(2,3)4/h6-12,20H,13-15H2,1-5H3,(H,28,31). The monoisotopic (exact) mass is 451 g/mol. The van der Waals surface area contributed by atoms with E-state index in [1.807, 2.05) is 51.1 Å². The van der Waals surface area contributed by atoms with Gasteiger partial charge in [-0.1, -0.05) is 24.3 Å². The number of aromatic amines is 1. The van der Waals surface area contributed by atoms with E-state index in [0.717, 1.165) is 41.7 Å². The number of benzene rings is 2. The van der Waals surface area contributed by atoms with Crippen molar-refractivity contribution in [1.82, 2.24) is 14.8 Å². The molecule has 0 radical (unpaired) electrons. The van der Waals surface area contributed by atoms with E-state index in [1.165, 1.54) is 12.1 Å². The number of pyridine rings is 1. The number of hydrogen-bond acceptors (Lipinski definition) is 4. The van der Waals surface area contributed by atoms with Gasteiger partial charge in [-0.05, 0) is 68.0 Å². The minimum absolute atomic E-state index is 0.148. The third kappa shape index (κ3) is 5.09. The fraction of sp³-hybridized carbons (Fsp3) is 0.385. The molecule has 4 rings (SSSR count). The Hall–Kier alpha value is -3.19. The van der Waals surface area contributed by atoms with Crippen LogP contribution in [0.2, 0.25) is 0 Å². The smallest absolute Gasteiger partial charge is 0.410 e. The molecule has 0 aliphatic carbocycles. The maximum Gasteiger partial charge on any atom is 0.410 e. The fourth-order valence-corrected chi connectivity index (χ4v) is 4.11. The molecule has 1 fully saturated rings. The maximum atomic E-state index is 13.7. The number of rotatable bonds is 4. The summed E-state index contributed by atoms with van der Waals surface area (Å²) < 4.78 is 19.1. The van der Waals surface area contributed by atoms with Crippen LogP contribution in [0.1, 0.15) is 31.9 Å². The van der Waals surface area contributed by atoms with Gasteiger partial charge in [0, 0.05) is 32.4 Å². The Morgan fingerprint density at radius 2 is 1.82 bits per heavy atom. The molecule has 0 bridgehead atoms. The molecule has 2 heterocycles. The number of nitrogens with one attached hydrogen (secondary N) is 1. The summed E-state index contributed by atoms with van der Waals surface area (Å²) in [7, 11) is 1.78. The van der Waals surface area contributed by atoms with Crippen LogP contribution in [0.25, 0.3) is 22.0 Å². The number of ether oxygens (including phenoxy) is 1. The normalized spacial score (nSPS) is 14.8. The molecule has 1 aliphatic heterocycles. The molecule has 2 aromatic carbocycles. The summed E-state index contributed by atoms with van der Waals surface area (Å²) in [5, 5.41) is 1.11. The number of amides is 1. The molecule has 1 N–H and O–H groups in total. The lowest BCUT2D eigenvalue weighted by Gasteiger charge is -2.44. The summed E-state index contributed by atoms with van der Waals surface area (Å²) in [5.74, 6) is -0.409. The number of carbonyl (C=O) groups is 1. The maximum absolute atomic E-state index is 13.7. The van der Waals surface area contributed by atoms with E-state index < -0.39 is 11.4 Å². The Kier molecular flexibility index (Phi) is 6.01. The highest BCUT2D eigenvalue weighted by atomic mass is 19.1. The number of aryl methyl sites for hydroxylation is 1. The average Bonchev–Trinajstić information content (AvgIpc) is 2.69. The van der Waals surface area contributed by atoms with Gasteiger partial charge in [0.15, 0.2) is 0 Å². The van der Waals surface area contributed by atoms with Crippen molar-refractivity contribution in [2.75, 3.05) is 20.1 Å². The van der Waals surface area contributed by atoms with Gasteiger partial charge in [-0.25, -0.2) is 9.18 Å². The van der Waals surface area contributed by atoms with Crippen molar-refractivity contribution >= 4 is 16.9 Å². The summed E-state index contributed by atoms with van der Waals surface area (Å²) in [6.45, 7) is 9.78. The van der Waals surface area contributed by atoms with E-state index in [4.69, 9.17) is 4.74 Å². The molecule has 1 aliphatic rings. The highest BCUT2D eigenvalue weighted by Crippen LogP contribution is 2.25. The SMILES string of the molecule is Cc1cc(F)cc2c(=O)[nH]c(-c3ccc(CN4CC(N(C)C(=O)OC(C)(C)C)C4)cc3)cc12. The Balaban J connectivity index is 1.40. The summed E-state index contributed by atoms with van der Waals surface area (Å²) in [6.07, 6.45) is -0.293. The average molecular weight is 452 g/mol. The number of likely N-dealkylation sites (N-methyl/N-ethyl adjacent to an activating group) is 1. The summed E-state index contributed by atoms with van der Waals surface area (Å²) in [6, 6.07) is 12.8. The van der Waals surface area contributed by atoms with E-state index in [0.29, 0.717) is 11.1 Å². The first-order valence-electron chi connectivity index (χ1n) is 11.1. The van der Waals surface area contributed by atoms with Crippen LogP contribution in [0, 0.1) is 12.7 Å². The molecule has 7 heteroatoms. The number of halogens is 1. The predicted molar refractivity (Wildman–Crippen MR) is 128 cm³/mol. The quantitative estimate of drug-likeness (QED) is 0.625. The molecule has 6 nitrogen and oxygen atoms in total. The van der Waals surface area contributed by atoms with Crippen molar-refractivity contribution in [3.8, 4) is 11.3 Å². The van der Waals surface area contributed by atoms with Crippen LogP contribution in [0.5, 0.6) is 0 Å². The summed E-state index contributed by atoms with van der Waals surface area (Å²) >= 11 is 0. The van der Waals surface area contributed by atoms with Gasteiger partial charge in [-0.2, -0.15) is 0 Å². The van der Waals surface area contributed by atoms with Gasteiger partial charge in [0.25, 0.3) is 5.56 Å². The highest BCUT2D eigenvalue weighted by molar-refractivity contribution is 5.88. The van der Waals surface area contributed by atoms with Crippen LogP contribution in [0.3, 0.4) is 0 Å². The topological polar surface area (TPSA) is 65.6 Å². The molecule has 1 saturated heterocycles. The highest BCUT2D eigenvalue weighted by Gasteiger charge is 2.34. The lowest BCUT2D eigenvalue weighted by atomic mass is 10.0. The van der Waals surface area contributed by atoms with Gasteiger partial charge in [0.2, 0.25) is 0 Å². The van der Waals surface area contributed by atoms with Gasteiger partial charge in [-0.3, -0.25) is 9.69 Å². The number of nitrogens with zero attached hydrogens (tertiary/aromatic N) is 2. The van der Waals surface area contributed by atoms with Gasteiger partial charge in [0.1, 0.15) is 11.4 Å². The molecule has 0 saturated carbocycles. The number of hydrogen-bond donors (Lipinski definition) is 1. The Labute approximate surface area is 193 Å². The van der Waals surface area contributed by atoms with Crippen molar-refractivity contribution < 1.29 is 13.9 Å². The van der Waals surface area contributed by atoms with E-state index in [2.05, 4.69) is 9.88 Å². The van der Waals surface area contributed by atoms with Crippen molar-refractivity contribution in [1.29, 1.82) is 0 Å². The van der Waals surface area contributed by atoms with Gasteiger partial charge in [-0.15, -0.1) is 0 Å². The molecule has 174 valence electrons. The zero-order valence-corrected chi connectivity index (χ0v) is 19.7. The van der Waals surface area contributed by atoms with Crippen LogP contribution in [0.15, 0.2) is 47.3 Å². The van der Waals surface area contributed by atoms with E-state index in [1.54, 1.807) is 18.9 Å². The number of likely N-dealkylation sites (tertiary alicyclic amines) is 1. The van der Waals surface area contributed by atoms with Crippen molar-refractivity contribution in [2.24, 2.45) is 0 Å². The number of carbonyl (C=O) groups excluding carboxylic acids is 1. The van der Waals surface area contributed by atoms with Crippen LogP contribution in [-0.2, 0) is 11.3 Å². The molecule has 0 atom stereocenters. The molecule has 1 aromatic heterocycles. The fourth-order valence-electron chi connectivity index (χ4n) is 4.11. The summed E-state index contributed by atoms with van der Waals surface area (Å²) in [5.41, 5.74) is 2.69. The molecule has 1 amide bonds. The van der Waals surface area contributed by atoms with Crippen molar-refractivity contribution in [2.45, 2.75) is 45.9 Å². The third-order valence-corrected chi connectivity index (χ3v) is 5.97. The zero-order chi connectivity index (χ0) is 23.9. The third-order valence-electron chi connectivity index (χ3n) is 5.97. The summed E-state index contributed by atoms with van der Waals surface area (Å²) in [4.78, 5) is 31.5. The second-order valence-corrected chi connectivity index (χ2v) is 9.83. The Morgan fingerprint density at radius 1 is 1.15 bits per heavy atom. The lowest BCUT2D eigenvalue weighted by molar-refractivity contribution is -0.00573. The largest absolute Gasteiger partial charge is 0.444 e. The second kappa shape index (κ2) is 8.63.